The van der Waals surface area contributed by atoms with Crippen molar-refractivity contribution in [2.24, 2.45) is 13.0 Å². The summed E-state index contributed by atoms with van der Waals surface area (Å²) in [4.78, 5) is 17.9. The number of nitrogens with zero attached hydrogens (tertiary/aromatic N) is 3. The van der Waals surface area contributed by atoms with Crippen LogP contribution in [0.15, 0.2) is 15.5 Å². The molecule has 1 saturated heterocycles. The maximum Gasteiger partial charge on any atom is 0.325 e. The zero-order chi connectivity index (χ0) is 14.8. The minimum absolute atomic E-state index is 0.0100. The number of aromatic nitrogens is 4. The Hall–Kier alpha value is -2.03. The second-order valence-electron chi connectivity index (χ2n) is 5.36. The van der Waals surface area contributed by atoms with Gasteiger partial charge in [-0.15, -0.1) is 0 Å². The first-order valence-corrected chi connectivity index (χ1v) is 6.59. The van der Waals surface area contributed by atoms with E-state index in [9.17, 15) is 13.6 Å². The molecule has 1 aliphatic heterocycles. The van der Waals surface area contributed by atoms with E-state index in [1.54, 1.807) is 0 Å². The molecule has 112 valence electrons. The Labute approximate surface area is 116 Å². The van der Waals surface area contributed by atoms with Crippen molar-refractivity contribution < 1.29 is 18.0 Å². The van der Waals surface area contributed by atoms with Gasteiger partial charge in [-0.3, -0.25) is 4.57 Å². The summed E-state index contributed by atoms with van der Waals surface area (Å²) in [6.07, 6.45) is 2.36. The third-order valence-electron chi connectivity index (χ3n) is 4.28. The smallest absolute Gasteiger partial charge is 0.325 e. The highest BCUT2D eigenvalue weighted by Crippen LogP contribution is 2.69. The van der Waals surface area contributed by atoms with Crippen molar-refractivity contribution in [3.8, 4) is 11.6 Å². The highest BCUT2D eigenvalue weighted by molar-refractivity contribution is 5.46. The molecule has 0 spiro atoms. The Morgan fingerprint density at radius 1 is 1.52 bits per heavy atom. The molecular weight excluding hydrogens is 286 g/mol. The van der Waals surface area contributed by atoms with Gasteiger partial charge in [-0.1, -0.05) is 5.16 Å². The first-order chi connectivity index (χ1) is 9.98. The molecule has 0 amide bonds. The number of fused-ring (bicyclic) bond motifs is 1. The summed E-state index contributed by atoms with van der Waals surface area (Å²) in [7, 11) is 1.52. The normalized spacial score (nSPS) is 30.1. The average Bonchev–Trinajstić information content (AvgIpc) is 2.85. The summed E-state index contributed by atoms with van der Waals surface area (Å²) in [5.74, 6) is -4.02. The summed E-state index contributed by atoms with van der Waals surface area (Å²) in [5, 5.41) is 3.66. The van der Waals surface area contributed by atoms with Gasteiger partial charge in [0.15, 0.2) is 0 Å². The van der Waals surface area contributed by atoms with E-state index in [2.05, 4.69) is 15.1 Å². The van der Waals surface area contributed by atoms with Gasteiger partial charge < -0.3 is 14.2 Å². The van der Waals surface area contributed by atoms with Crippen molar-refractivity contribution in [2.75, 3.05) is 6.61 Å². The summed E-state index contributed by atoms with van der Waals surface area (Å²) < 4.78 is 39.7. The number of imidazole rings is 1. The quantitative estimate of drug-likeness (QED) is 0.895. The Balaban J connectivity index is 1.76. The van der Waals surface area contributed by atoms with Crippen molar-refractivity contribution in [1.82, 2.24) is 19.7 Å². The minimum atomic E-state index is -2.98. The van der Waals surface area contributed by atoms with Crippen LogP contribution in [0.2, 0.25) is 0 Å². The molecule has 7 nitrogen and oxygen atoms in total. The topological polar surface area (TPSA) is 85.9 Å². The van der Waals surface area contributed by atoms with E-state index in [4.69, 9.17) is 9.26 Å². The second kappa shape index (κ2) is 3.79. The van der Waals surface area contributed by atoms with E-state index >= 15 is 0 Å². The fourth-order valence-electron chi connectivity index (χ4n) is 3.04. The van der Waals surface area contributed by atoms with Gasteiger partial charge in [-0.05, 0) is 12.8 Å². The number of hydrogen-bond acceptors (Lipinski definition) is 5. The Kier molecular flexibility index (Phi) is 2.29. The number of halogens is 2. The van der Waals surface area contributed by atoms with Gasteiger partial charge in [0.25, 0.3) is 11.8 Å². The van der Waals surface area contributed by atoms with Crippen LogP contribution in [-0.2, 0) is 17.4 Å². The highest BCUT2D eigenvalue weighted by atomic mass is 19.3. The third kappa shape index (κ3) is 1.41. The van der Waals surface area contributed by atoms with Crippen LogP contribution in [0.1, 0.15) is 18.7 Å². The van der Waals surface area contributed by atoms with Crippen LogP contribution in [0.25, 0.3) is 11.6 Å². The van der Waals surface area contributed by atoms with Gasteiger partial charge in [-0.25, -0.2) is 13.6 Å². The molecule has 4 rings (SSSR count). The van der Waals surface area contributed by atoms with Crippen LogP contribution < -0.4 is 5.69 Å². The number of nitrogens with one attached hydrogen (secondary N) is 1. The standard InChI is InChI=1S/C12H12F2N4O3/c1-18-6(5-15-10(18)19)8-16-9(17-21-8)11-7(12(11,13)14)3-2-4-20-11/h5,7H,2-4H2,1H3,(H,15,19). The molecule has 2 aromatic heterocycles. The van der Waals surface area contributed by atoms with Crippen molar-refractivity contribution in [1.29, 1.82) is 0 Å². The maximum atomic E-state index is 14.0. The molecule has 0 radical (unpaired) electrons. The van der Waals surface area contributed by atoms with Gasteiger partial charge in [0, 0.05) is 19.9 Å². The van der Waals surface area contributed by atoms with Gasteiger partial charge in [0.1, 0.15) is 5.69 Å². The predicted octanol–water partition coefficient (Wildman–Crippen LogP) is 1.03. The molecule has 21 heavy (non-hydrogen) atoms. The lowest BCUT2D eigenvalue weighted by atomic mass is 10.1. The molecule has 2 unspecified atom stereocenters. The second-order valence-corrected chi connectivity index (χ2v) is 5.36. The summed E-state index contributed by atoms with van der Waals surface area (Å²) in [5.41, 5.74) is -1.78. The molecule has 1 saturated carbocycles. The Morgan fingerprint density at radius 2 is 2.33 bits per heavy atom. The fraction of sp³-hybridized carbons (Fsp3) is 0.583. The van der Waals surface area contributed by atoms with Gasteiger partial charge >= 0.3 is 5.69 Å². The number of H-pyrrole nitrogens is 1. The van der Waals surface area contributed by atoms with E-state index in [1.807, 2.05) is 0 Å². The molecule has 2 aromatic rings. The number of hydrogen-bond donors (Lipinski definition) is 1. The summed E-state index contributed by atoms with van der Waals surface area (Å²) in [6.45, 7) is 0.249. The number of aromatic amines is 1. The molecule has 0 bridgehead atoms. The third-order valence-corrected chi connectivity index (χ3v) is 4.28. The summed E-state index contributed by atoms with van der Waals surface area (Å²) >= 11 is 0. The largest absolute Gasteiger partial charge is 0.360 e. The molecule has 2 fully saturated rings. The van der Waals surface area contributed by atoms with Crippen LogP contribution in [0.3, 0.4) is 0 Å². The molecule has 0 aromatic carbocycles. The van der Waals surface area contributed by atoms with Crippen LogP contribution >= 0.6 is 0 Å². The lowest BCUT2D eigenvalue weighted by Gasteiger charge is -2.17. The van der Waals surface area contributed by atoms with E-state index in [0.717, 1.165) is 0 Å². The Bertz CT molecular complexity index is 765. The predicted molar refractivity (Wildman–Crippen MR) is 64.6 cm³/mol. The molecule has 2 aliphatic rings. The number of alkyl halides is 2. The first-order valence-electron chi connectivity index (χ1n) is 6.59. The monoisotopic (exact) mass is 298 g/mol. The number of rotatable bonds is 2. The van der Waals surface area contributed by atoms with Crippen molar-refractivity contribution in [3.63, 3.8) is 0 Å². The van der Waals surface area contributed by atoms with Crippen LogP contribution in [0, 0.1) is 5.92 Å². The van der Waals surface area contributed by atoms with E-state index in [-0.39, 0.29) is 24.0 Å². The molecule has 3 heterocycles. The molecule has 2 atom stereocenters. The lowest BCUT2D eigenvalue weighted by molar-refractivity contribution is -0.0704. The van der Waals surface area contributed by atoms with E-state index < -0.39 is 17.4 Å². The Morgan fingerprint density at radius 3 is 3.00 bits per heavy atom. The van der Waals surface area contributed by atoms with Crippen molar-refractivity contribution in [3.05, 3.63) is 22.5 Å². The zero-order valence-electron chi connectivity index (χ0n) is 11.1. The summed E-state index contributed by atoms with van der Waals surface area (Å²) in [6, 6.07) is 0. The molecular formula is C12H12F2N4O3. The number of ether oxygens (including phenoxy) is 1. The van der Waals surface area contributed by atoms with Crippen LogP contribution in [0.5, 0.6) is 0 Å². The van der Waals surface area contributed by atoms with Gasteiger partial charge in [0.05, 0.1) is 5.92 Å². The van der Waals surface area contributed by atoms with Crippen LogP contribution in [0.4, 0.5) is 8.78 Å². The fourth-order valence-corrected chi connectivity index (χ4v) is 3.04. The molecule has 1 aliphatic carbocycles. The minimum Gasteiger partial charge on any atom is -0.360 e. The zero-order valence-corrected chi connectivity index (χ0v) is 11.1. The van der Waals surface area contributed by atoms with E-state index in [0.29, 0.717) is 18.5 Å². The molecule has 9 heteroatoms. The van der Waals surface area contributed by atoms with Crippen molar-refractivity contribution >= 4 is 0 Å². The van der Waals surface area contributed by atoms with E-state index in [1.165, 1.54) is 17.8 Å². The molecule has 1 N–H and O–H groups in total. The van der Waals surface area contributed by atoms with Crippen molar-refractivity contribution in [2.45, 2.75) is 24.4 Å². The van der Waals surface area contributed by atoms with Gasteiger partial charge in [-0.2, -0.15) is 4.98 Å². The first kappa shape index (κ1) is 12.7. The lowest BCUT2D eigenvalue weighted by Crippen LogP contribution is -2.25. The highest BCUT2D eigenvalue weighted by Gasteiger charge is 2.85. The van der Waals surface area contributed by atoms with Crippen LogP contribution in [-0.4, -0.2) is 32.2 Å². The van der Waals surface area contributed by atoms with Gasteiger partial charge in [0.2, 0.25) is 11.4 Å². The maximum absolute atomic E-state index is 14.0. The SMILES string of the molecule is Cn1c(-c2nc(C34OCCCC3C4(F)F)no2)c[nH]c1=O. The average molecular weight is 298 g/mol.